The number of allylic oxidation sites excluding steroid dienone is 1. The van der Waals surface area contributed by atoms with Gasteiger partial charge in [-0.05, 0) is 38.7 Å². The molecule has 0 bridgehead atoms. The molecule has 0 aliphatic carbocycles. The lowest BCUT2D eigenvalue weighted by atomic mass is 9.75. The van der Waals surface area contributed by atoms with Crippen LogP contribution < -0.4 is 10.6 Å². The topological polar surface area (TPSA) is 35.5 Å². The molecule has 1 saturated heterocycles. The third kappa shape index (κ3) is 3.92. The average Bonchev–Trinajstić information content (AvgIpc) is 3.02. The molecule has 3 aromatic carbocycles. The predicted octanol–water partition coefficient (Wildman–Crippen LogP) is 5.93. The smallest absolute Gasteiger partial charge is 0.400 e. The van der Waals surface area contributed by atoms with E-state index in [1.807, 2.05) is 119 Å². The molecule has 1 heterocycles. The second-order valence-electron chi connectivity index (χ2n) is 9.31. The van der Waals surface area contributed by atoms with Crippen LogP contribution in [0.5, 0.6) is 0 Å². The molecule has 1 aliphatic heterocycles. The largest absolute Gasteiger partial charge is 0.491 e. The summed E-state index contributed by atoms with van der Waals surface area (Å²) in [5, 5.41) is 1.58. The molecule has 0 amide bonds. The Balaban J connectivity index is 1.91. The molecule has 0 radical (unpaired) electrons. The molecule has 1 aliphatic rings. The van der Waals surface area contributed by atoms with E-state index in [9.17, 15) is 0 Å². The van der Waals surface area contributed by atoms with Crippen LogP contribution in [-0.4, -0.2) is 18.3 Å². The van der Waals surface area contributed by atoms with Gasteiger partial charge in [-0.1, -0.05) is 91.0 Å². The highest BCUT2D eigenvalue weighted by atomic mass is 31.2. The summed E-state index contributed by atoms with van der Waals surface area (Å²) in [4.78, 5) is 0. The van der Waals surface area contributed by atoms with Crippen molar-refractivity contribution in [1.82, 2.24) is 0 Å². The van der Waals surface area contributed by atoms with E-state index in [2.05, 4.69) is 6.58 Å². The van der Waals surface area contributed by atoms with Crippen LogP contribution in [0.25, 0.3) is 0 Å². The van der Waals surface area contributed by atoms with Gasteiger partial charge in [-0.3, -0.25) is 0 Å². The summed E-state index contributed by atoms with van der Waals surface area (Å²) in [7, 11) is -3.87. The van der Waals surface area contributed by atoms with Gasteiger partial charge in [0.1, 0.15) is 0 Å². The molecular formula is C27H30BO3P. The minimum atomic E-state index is -3.21. The zero-order valence-corrected chi connectivity index (χ0v) is 20.1. The Labute approximate surface area is 192 Å². The predicted molar refractivity (Wildman–Crippen MR) is 134 cm³/mol. The van der Waals surface area contributed by atoms with Crippen molar-refractivity contribution < 1.29 is 13.9 Å². The molecule has 0 saturated carbocycles. The van der Waals surface area contributed by atoms with Crippen LogP contribution in [0.2, 0.25) is 0 Å². The van der Waals surface area contributed by atoms with Crippen LogP contribution in [0.1, 0.15) is 38.9 Å². The first-order valence-electron chi connectivity index (χ1n) is 11.0. The third-order valence-electron chi connectivity index (χ3n) is 6.67. The van der Waals surface area contributed by atoms with Gasteiger partial charge in [-0.25, -0.2) is 0 Å². The van der Waals surface area contributed by atoms with Gasteiger partial charge in [0.15, 0.2) is 7.14 Å². The fourth-order valence-electron chi connectivity index (χ4n) is 4.16. The number of hydrogen-bond acceptors (Lipinski definition) is 3. The molecule has 1 unspecified atom stereocenters. The van der Waals surface area contributed by atoms with Gasteiger partial charge in [-0.15, -0.1) is 6.58 Å². The van der Waals surface area contributed by atoms with Crippen molar-refractivity contribution in [3.63, 3.8) is 0 Å². The second-order valence-corrected chi connectivity index (χ2v) is 12.2. The van der Waals surface area contributed by atoms with E-state index >= 15 is 4.57 Å². The maximum atomic E-state index is 15.3. The molecular weight excluding hydrogens is 414 g/mol. The van der Waals surface area contributed by atoms with E-state index in [0.29, 0.717) is 5.47 Å². The summed E-state index contributed by atoms with van der Waals surface area (Å²) in [5.74, 6) is 0. The van der Waals surface area contributed by atoms with E-state index in [1.54, 1.807) is 0 Å². The SMILES string of the molecule is C=C(B1OC(C)(C)C(C)(C)O1)C(c1ccccc1)P(=O)(c1ccccc1)c1ccccc1. The second kappa shape index (κ2) is 8.52. The lowest BCUT2D eigenvalue weighted by molar-refractivity contribution is 0.00578. The van der Waals surface area contributed by atoms with Crippen molar-refractivity contribution >= 4 is 24.9 Å². The van der Waals surface area contributed by atoms with Gasteiger partial charge in [0.2, 0.25) is 0 Å². The lowest BCUT2D eigenvalue weighted by Gasteiger charge is -2.32. The Kier molecular flexibility index (Phi) is 6.07. The first-order chi connectivity index (χ1) is 15.2. The Bertz CT molecular complexity index is 1070. The van der Waals surface area contributed by atoms with E-state index in [4.69, 9.17) is 9.31 Å². The molecule has 3 nitrogen and oxygen atoms in total. The summed E-state index contributed by atoms with van der Waals surface area (Å²) >= 11 is 0. The fourth-order valence-corrected chi connectivity index (χ4v) is 7.47. The van der Waals surface area contributed by atoms with Crippen molar-refractivity contribution in [2.45, 2.75) is 44.6 Å². The first-order valence-corrected chi connectivity index (χ1v) is 12.7. The molecule has 0 N–H and O–H groups in total. The number of rotatable bonds is 6. The molecule has 4 rings (SSSR count). The molecule has 0 spiro atoms. The van der Waals surface area contributed by atoms with Gasteiger partial charge in [0.25, 0.3) is 0 Å². The van der Waals surface area contributed by atoms with Gasteiger partial charge in [-0.2, -0.15) is 0 Å². The number of benzene rings is 3. The van der Waals surface area contributed by atoms with Crippen LogP contribution in [0.3, 0.4) is 0 Å². The molecule has 5 heteroatoms. The van der Waals surface area contributed by atoms with E-state index in [1.165, 1.54) is 0 Å². The Morgan fingerprint density at radius 3 is 1.53 bits per heavy atom. The maximum Gasteiger partial charge on any atom is 0.491 e. The average molecular weight is 444 g/mol. The minimum Gasteiger partial charge on any atom is -0.400 e. The van der Waals surface area contributed by atoms with Crippen molar-refractivity contribution in [1.29, 1.82) is 0 Å². The zero-order chi connectivity index (χ0) is 23.0. The molecule has 32 heavy (non-hydrogen) atoms. The number of hydrogen-bond donors (Lipinski definition) is 0. The van der Waals surface area contributed by atoms with E-state index < -0.39 is 31.1 Å². The summed E-state index contributed by atoms with van der Waals surface area (Å²) in [6.45, 7) is 12.5. The molecule has 3 aromatic rings. The molecule has 164 valence electrons. The van der Waals surface area contributed by atoms with Crippen molar-refractivity contribution in [2.75, 3.05) is 0 Å². The standard InChI is InChI=1S/C27H30BO3P/c1-21(28-30-26(2,3)27(4,5)31-28)25(22-15-9-6-10-16-22)32(29,23-17-11-7-12-18-23)24-19-13-8-14-20-24/h6-20,25H,1H2,2-5H3. The highest BCUT2D eigenvalue weighted by Gasteiger charge is 2.55. The molecule has 0 aromatic heterocycles. The highest BCUT2D eigenvalue weighted by Crippen LogP contribution is 2.61. The summed E-state index contributed by atoms with van der Waals surface area (Å²) in [5.41, 5.74) is 0.0914. The zero-order valence-electron chi connectivity index (χ0n) is 19.2. The Morgan fingerprint density at radius 1 is 0.750 bits per heavy atom. The minimum absolute atomic E-state index is 0.497. The third-order valence-corrected chi connectivity index (χ3v) is 10.2. The summed E-state index contributed by atoms with van der Waals surface area (Å²) < 4.78 is 28.0. The van der Waals surface area contributed by atoms with Crippen LogP contribution >= 0.6 is 7.14 Å². The van der Waals surface area contributed by atoms with Gasteiger partial charge in [0, 0.05) is 10.6 Å². The Morgan fingerprint density at radius 2 is 1.12 bits per heavy atom. The van der Waals surface area contributed by atoms with E-state index in [-0.39, 0.29) is 0 Å². The quantitative estimate of drug-likeness (QED) is 0.349. The first kappa shape index (κ1) is 22.8. The summed E-state index contributed by atoms with van der Waals surface area (Å²) in [6.07, 6.45) is 0. The van der Waals surface area contributed by atoms with Crippen molar-refractivity contribution in [3.8, 4) is 0 Å². The maximum absolute atomic E-state index is 15.3. The summed E-state index contributed by atoms with van der Waals surface area (Å²) in [6, 6.07) is 29.3. The lowest BCUT2D eigenvalue weighted by Crippen LogP contribution is -2.41. The fraction of sp³-hybridized carbons (Fsp3) is 0.259. The van der Waals surface area contributed by atoms with Gasteiger partial charge >= 0.3 is 7.12 Å². The van der Waals surface area contributed by atoms with Crippen LogP contribution in [0.15, 0.2) is 103 Å². The highest BCUT2D eigenvalue weighted by molar-refractivity contribution is 7.79. The normalized spacial score (nSPS) is 18.3. The van der Waals surface area contributed by atoms with Crippen LogP contribution in [-0.2, 0) is 13.9 Å². The monoisotopic (exact) mass is 444 g/mol. The van der Waals surface area contributed by atoms with Crippen molar-refractivity contribution in [2.24, 2.45) is 0 Å². The van der Waals surface area contributed by atoms with E-state index in [0.717, 1.165) is 16.2 Å². The van der Waals surface area contributed by atoms with Crippen LogP contribution in [0, 0.1) is 0 Å². The molecule has 1 fully saturated rings. The van der Waals surface area contributed by atoms with Crippen LogP contribution in [0.4, 0.5) is 0 Å². The van der Waals surface area contributed by atoms with Gasteiger partial charge < -0.3 is 13.9 Å². The Hall–Kier alpha value is -2.39. The van der Waals surface area contributed by atoms with Crippen molar-refractivity contribution in [3.05, 3.63) is 109 Å². The molecule has 1 atom stereocenters. The van der Waals surface area contributed by atoms with Gasteiger partial charge in [0.05, 0.1) is 16.9 Å².